The van der Waals surface area contributed by atoms with Crippen molar-refractivity contribution < 1.29 is 19.5 Å². The lowest BCUT2D eigenvalue weighted by Crippen LogP contribution is -2.53. The molecule has 0 aromatic heterocycles. The van der Waals surface area contributed by atoms with Crippen molar-refractivity contribution in [3.05, 3.63) is 35.9 Å². The van der Waals surface area contributed by atoms with Crippen LogP contribution in [0.15, 0.2) is 30.3 Å². The molecule has 0 unspecified atom stereocenters. The minimum absolute atomic E-state index is 0.370. The molecule has 2 rings (SSSR count). The molecule has 24 heavy (non-hydrogen) atoms. The van der Waals surface area contributed by atoms with Gasteiger partial charge in [-0.3, -0.25) is 9.59 Å². The second-order valence-electron chi connectivity index (χ2n) is 6.05. The second-order valence-corrected chi connectivity index (χ2v) is 6.05. The Balaban J connectivity index is 1.90. The third-order valence-corrected chi connectivity index (χ3v) is 4.19. The molecule has 1 aliphatic rings. The maximum absolute atomic E-state index is 12.4. The van der Waals surface area contributed by atoms with Gasteiger partial charge in [-0.05, 0) is 31.7 Å². The molecular formula is C17H23N3O4. The first kappa shape index (κ1) is 17.9. The highest BCUT2D eigenvalue weighted by atomic mass is 16.4. The summed E-state index contributed by atoms with van der Waals surface area (Å²) in [4.78, 5) is 37.0. The normalized spacial score (nSPS) is 19.6. The van der Waals surface area contributed by atoms with Crippen molar-refractivity contribution in [1.82, 2.24) is 10.2 Å². The summed E-state index contributed by atoms with van der Waals surface area (Å²) in [5, 5.41) is 11.7. The number of carboxylic acids is 1. The first-order valence-corrected chi connectivity index (χ1v) is 8.03. The van der Waals surface area contributed by atoms with Crippen LogP contribution in [0.3, 0.4) is 0 Å². The smallest absolute Gasteiger partial charge is 0.326 e. The number of nitrogens with two attached hydrogens (primary N) is 1. The number of amides is 2. The number of nitrogens with zero attached hydrogens (tertiary/aromatic N) is 1. The van der Waals surface area contributed by atoms with E-state index in [1.807, 2.05) is 30.3 Å². The lowest BCUT2D eigenvalue weighted by Gasteiger charge is -2.26. The summed E-state index contributed by atoms with van der Waals surface area (Å²) >= 11 is 0. The minimum Gasteiger partial charge on any atom is -0.480 e. The fourth-order valence-electron chi connectivity index (χ4n) is 2.88. The van der Waals surface area contributed by atoms with Crippen LogP contribution in [0, 0.1) is 0 Å². The zero-order valence-corrected chi connectivity index (χ0v) is 13.6. The summed E-state index contributed by atoms with van der Waals surface area (Å²) in [7, 11) is 0. The Hall–Kier alpha value is -2.41. The van der Waals surface area contributed by atoms with Crippen LogP contribution >= 0.6 is 0 Å². The van der Waals surface area contributed by atoms with Gasteiger partial charge in [-0.25, -0.2) is 4.79 Å². The van der Waals surface area contributed by atoms with E-state index >= 15 is 0 Å². The molecule has 130 valence electrons. The number of aliphatic carboxylic acids is 1. The first-order chi connectivity index (χ1) is 11.4. The average molecular weight is 333 g/mol. The van der Waals surface area contributed by atoms with Crippen LogP contribution in [0.5, 0.6) is 0 Å². The molecule has 2 amide bonds. The highest BCUT2D eigenvalue weighted by Gasteiger charge is 2.36. The van der Waals surface area contributed by atoms with E-state index < -0.39 is 30.0 Å². The van der Waals surface area contributed by atoms with Gasteiger partial charge in [-0.1, -0.05) is 30.3 Å². The van der Waals surface area contributed by atoms with E-state index in [0.29, 0.717) is 25.8 Å². The van der Waals surface area contributed by atoms with Crippen LogP contribution in [0.4, 0.5) is 0 Å². The van der Waals surface area contributed by atoms with Crippen LogP contribution in [0.2, 0.25) is 0 Å². The third-order valence-electron chi connectivity index (χ3n) is 4.19. The van der Waals surface area contributed by atoms with Crippen molar-refractivity contribution in [2.45, 2.75) is 44.3 Å². The molecule has 3 atom stereocenters. The molecule has 1 fully saturated rings. The maximum atomic E-state index is 12.4. The number of carbonyl (C=O) groups excluding carboxylic acids is 2. The van der Waals surface area contributed by atoms with Gasteiger partial charge in [-0.15, -0.1) is 0 Å². The largest absolute Gasteiger partial charge is 0.480 e. The molecule has 0 aliphatic carbocycles. The predicted molar refractivity (Wildman–Crippen MR) is 88.1 cm³/mol. The van der Waals surface area contributed by atoms with Crippen molar-refractivity contribution in [2.24, 2.45) is 5.73 Å². The van der Waals surface area contributed by atoms with Gasteiger partial charge >= 0.3 is 5.97 Å². The Morgan fingerprint density at radius 1 is 1.33 bits per heavy atom. The van der Waals surface area contributed by atoms with Crippen LogP contribution < -0.4 is 11.1 Å². The molecule has 7 heteroatoms. The lowest BCUT2D eigenvalue weighted by atomic mass is 10.1. The molecule has 1 saturated heterocycles. The summed E-state index contributed by atoms with van der Waals surface area (Å²) in [6.07, 6.45) is 1.46. The Morgan fingerprint density at radius 3 is 2.62 bits per heavy atom. The zero-order chi connectivity index (χ0) is 17.7. The first-order valence-electron chi connectivity index (χ1n) is 8.03. The van der Waals surface area contributed by atoms with E-state index in [-0.39, 0.29) is 5.91 Å². The second kappa shape index (κ2) is 7.92. The van der Waals surface area contributed by atoms with Gasteiger partial charge in [0.15, 0.2) is 0 Å². The topological polar surface area (TPSA) is 113 Å². The fourth-order valence-corrected chi connectivity index (χ4v) is 2.88. The van der Waals surface area contributed by atoms with Crippen LogP contribution in [-0.4, -0.2) is 52.5 Å². The number of carboxylic acid groups (broad SMARTS) is 1. The van der Waals surface area contributed by atoms with E-state index in [0.717, 1.165) is 5.56 Å². The third kappa shape index (κ3) is 4.32. The van der Waals surface area contributed by atoms with Gasteiger partial charge in [-0.2, -0.15) is 0 Å². The van der Waals surface area contributed by atoms with Gasteiger partial charge in [0.1, 0.15) is 12.1 Å². The molecule has 1 aliphatic heterocycles. The summed E-state index contributed by atoms with van der Waals surface area (Å²) in [6.45, 7) is 1.94. The number of hydrogen-bond donors (Lipinski definition) is 3. The number of likely N-dealkylation sites (tertiary alicyclic amines) is 1. The van der Waals surface area contributed by atoms with E-state index in [4.69, 9.17) is 10.8 Å². The molecule has 0 bridgehead atoms. The number of benzene rings is 1. The van der Waals surface area contributed by atoms with Gasteiger partial charge < -0.3 is 21.1 Å². The van der Waals surface area contributed by atoms with Gasteiger partial charge in [0.25, 0.3) is 0 Å². The van der Waals surface area contributed by atoms with E-state index in [1.165, 1.54) is 4.90 Å². The number of nitrogens with one attached hydrogen (secondary N) is 1. The molecule has 1 aromatic rings. The zero-order valence-electron chi connectivity index (χ0n) is 13.6. The lowest BCUT2D eigenvalue weighted by molar-refractivity contribution is -0.149. The van der Waals surface area contributed by atoms with E-state index in [1.54, 1.807) is 6.92 Å². The van der Waals surface area contributed by atoms with Gasteiger partial charge in [0.2, 0.25) is 11.8 Å². The predicted octanol–water partition coefficient (Wildman–Crippen LogP) is 0.137. The summed E-state index contributed by atoms with van der Waals surface area (Å²) in [6, 6.07) is 6.99. The molecular weight excluding hydrogens is 310 g/mol. The van der Waals surface area contributed by atoms with Crippen LogP contribution in [0.25, 0.3) is 0 Å². The Kier molecular flexibility index (Phi) is 5.92. The molecule has 0 spiro atoms. The highest BCUT2D eigenvalue weighted by molar-refractivity contribution is 5.91. The summed E-state index contributed by atoms with van der Waals surface area (Å²) in [5.41, 5.74) is 6.83. The Morgan fingerprint density at radius 2 is 2.00 bits per heavy atom. The molecule has 7 nitrogen and oxygen atoms in total. The van der Waals surface area contributed by atoms with Gasteiger partial charge in [0.05, 0.1) is 6.04 Å². The van der Waals surface area contributed by atoms with Crippen molar-refractivity contribution in [2.75, 3.05) is 6.54 Å². The minimum atomic E-state index is -1.01. The number of hydrogen-bond acceptors (Lipinski definition) is 4. The molecule has 1 aromatic carbocycles. The molecule has 0 saturated carbocycles. The summed E-state index contributed by atoms with van der Waals surface area (Å²) < 4.78 is 0. The van der Waals surface area contributed by atoms with Crippen molar-refractivity contribution in [3.8, 4) is 0 Å². The van der Waals surface area contributed by atoms with Crippen LogP contribution in [0.1, 0.15) is 25.3 Å². The average Bonchev–Trinajstić information content (AvgIpc) is 3.04. The SMILES string of the molecule is C[C@H](NC(=O)[C@@H](N)Cc1ccccc1)C(=O)N1CCC[C@@H]1C(=O)O. The summed E-state index contributed by atoms with van der Waals surface area (Å²) in [5.74, 6) is -1.83. The monoisotopic (exact) mass is 333 g/mol. The maximum Gasteiger partial charge on any atom is 0.326 e. The fraction of sp³-hybridized carbons (Fsp3) is 0.471. The quantitative estimate of drug-likeness (QED) is 0.685. The van der Waals surface area contributed by atoms with Crippen molar-refractivity contribution in [3.63, 3.8) is 0 Å². The van der Waals surface area contributed by atoms with Crippen molar-refractivity contribution >= 4 is 17.8 Å². The number of rotatable bonds is 6. The number of carbonyl (C=O) groups is 3. The standard InChI is InChI=1S/C17H23N3O4/c1-11(16(22)20-9-5-8-14(20)17(23)24)19-15(21)13(18)10-12-6-3-2-4-7-12/h2-4,6-7,11,13-14H,5,8-10,18H2,1H3,(H,19,21)(H,23,24)/t11-,13-,14+/m0/s1. The molecule has 0 radical (unpaired) electrons. The van der Waals surface area contributed by atoms with E-state index in [9.17, 15) is 14.4 Å². The highest BCUT2D eigenvalue weighted by Crippen LogP contribution is 2.18. The Labute approximate surface area is 140 Å². The molecule has 1 heterocycles. The Bertz CT molecular complexity index is 605. The molecule has 4 N–H and O–H groups in total. The van der Waals surface area contributed by atoms with Crippen molar-refractivity contribution in [1.29, 1.82) is 0 Å². The van der Waals surface area contributed by atoms with Crippen LogP contribution in [-0.2, 0) is 20.8 Å². The van der Waals surface area contributed by atoms with E-state index in [2.05, 4.69) is 5.32 Å². The van der Waals surface area contributed by atoms with Gasteiger partial charge in [0, 0.05) is 6.54 Å².